The van der Waals surface area contributed by atoms with Crippen LogP contribution in [0.3, 0.4) is 0 Å². The topological polar surface area (TPSA) is 66.0 Å². The highest BCUT2D eigenvalue weighted by molar-refractivity contribution is 5.59. The SMILES string of the molecule is CN(C)c1ccc(Nc2nncc(NC(C)(C)C)n2)cc1. The fourth-order valence-corrected chi connectivity index (χ4v) is 1.77. The summed E-state index contributed by atoms with van der Waals surface area (Å²) >= 11 is 0. The number of nitrogens with one attached hydrogen (secondary N) is 2. The third-order valence-electron chi connectivity index (χ3n) is 2.70. The number of rotatable bonds is 4. The molecule has 6 nitrogen and oxygen atoms in total. The number of hydrogen-bond donors (Lipinski definition) is 2. The summed E-state index contributed by atoms with van der Waals surface area (Å²) in [5.74, 6) is 1.17. The van der Waals surface area contributed by atoms with E-state index in [1.165, 1.54) is 0 Å². The van der Waals surface area contributed by atoms with Gasteiger partial charge in [0.25, 0.3) is 0 Å². The van der Waals surface area contributed by atoms with Crippen molar-refractivity contribution in [2.75, 3.05) is 29.6 Å². The lowest BCUT2D eigenvalue weighted by atomic mass is 10.1. The smallest absolute Gasteiger partial charge is 0.249 e. The van der Waals surface area contributed by atoms with Crippen LogP contribution in [0.25, 0.3) is 0 Å². The van der Waals surface area contributed by atoms with Crippen LogP contribution < -0.4 is 15.5 Å². The number of nitrogens with zero attached hydrogens (tertiary/aromatic N) is 4. The van der Waals surface area contributed by atoms with E-state index in [9.17, 15) is 0 Å². The van der Waals surface area contributed by atoms with Crippen LogP contribution in [0, 0.1) is 0 Å². The molecule has 0 saturated carbocycles. The summed E-state index contributed by atoms with van der Waals surface area (Å²) in [5, 5.41) is 14.4. The van der Waals surface area contributed by atoms with E-state index in [0.717, 1.165) is 11.4 Å². The molecule has 0 unspecified atom stereocenters. The molecule has 21 heavy (non-hydrogen) atoms. The zero-order chi connectivity index (χ0) is 15.5. The first-order chi connectivity index (χ1) is 9.83. The second-order valence-electron chi connectivity index (χ2n) is 6.11. The van der Waals surface area contributed by atoms with Gasteiger partial charge in [-0.15, -0.1) is 5.10 Å². The molecule has 2 aromatic rings. The van der Waals surface area contributed by atoms with Gasteiger partial charge in [-0.25, -0.2) is 0 Å². The van der Waals surface area contributed by atoms with E-state index in [0.29, 0.717) is 11.8 Å². The molecule has 0 spiro atoms. The molecule has 0 aliphatic carbocycles. The summed E-state index contributed by atoms with van der Waals surface area (Å²) in [7, 11) is 4.02. The van der Waals surface area contributed by atoms with Crippen LogP contribution in [-0.4, -0.2) is 34.8 Å². The van der Waals surface area contributed by atoms with Crippen molar-refractivity contribution < 1.29 is 0 Å². The summed E-state index contributed by atoms with van der Waals surface area (Å²) in [6.45, 7) is 6.21. The lowest BCUT2D eigenvalue weighted by Crippen LogP contribution is -2.27. The Hall–Kier alpha value is -2.37. The highest BCUT2D eigenvalue weighted by Crippen LogP contribution is 2.19. The summed E-state index contributed by atoms with van der Waals surface area (Å²) in [6.07, 6.45) is 1.62. The van der Waals surface area contributed by atoms with E-state index in [1.54, 1.807) is 6.20 Å². The second-order valence-corrected chi connectivity index (χ2v) is 6.11. The van der Waals surface area contributed by atoms with Gasteiger partial charge >= 0.3 is 0 Å². The fourth-order valence-electron chi connectivity index (χ4n) is 1.77. The van der Waals surface area contributed by atoms with Gasteiger partial charge in [-0.05, 0) is 45.0 Å². The van der Waals surface area contributed by atoms with Crippen molar-refractivity contribution >= 4 is 23.1 Å². The first-order valence-corrected chi connectivity index (χ1v) is 6.86. The Bertz CT molecular complexity index is 586. The maximum atomic E-state index is 4.40. The van der Waals surface area contributed by atoms with E-state index in [-0.39, 0.29) is 5.54 Å². The molecule has 0 bridgehead atoms. The Morgan fingerprint density at radius 1 is 1.05 bits per heavy atom. The molecule has 0 aliphatic heterocycles. The molecule has 1 aromatic carbocycles. The Morgan fingerprint density at radius 3 is 2.29 bits per heavy atom. The van der Waals surface area contributed by atoms with Gasteiger partial charge in [-0.3, -0.25) is 0 Å². The molecule has 2 rings (SSSR count). The van der Waals surface area contributed by atoms with E-state index >= 15 is 0 Å². The maximum Gasteiger partial charge on any atom is 0.249 e. The molecule has 1 heterocycles. The van der Waals surface area contributed by atoms with Gasteiger partial charge in [-0.1, -0.05) is 0 Å². The predicted molar refractivity (Wildman–Crippen MR) is 87.3 cm³/mol. The van der Waals surface area contributed by atoms with Crippen LogP contribution in [0.1, 0.15) is 20.8 Å². The average Bonchev–Trinajstić information content (AvgIpc) is 2.37. The number of hydrogen-bond acceptors (Lipinski definition) is 6. The quantitative estimate of drug-likeness (QED) is 0.901. The summed E-state index contributed by atoms with van der Waals surface area (Å²) in [5.41, 5.74) is 2.00. The average molecular weight is 286 g/mol. The summed E-state index contributed by atoms with van der Waals surface area (Å²) < 4.78 is 0. The monoisotopic (exact) mass is 286 g/mol. The molecular weight excluding hydrogens is 264 g/mol. The Kier molecular flexibility index (Phi) is 4.26. The highest BCUT2D eigenvalue weighted by Gasteiger charge is 2.11. The van der Waals surface area contributed by atoms with E-state index in [2.05, 4.69) is 51.5 Å². The second kappa shape index (κ2) is 5.95. The Labute approximate surface area is 125 Å². The van der Waals surface area contributed by atoms with Crippen LogP contribution in [-0.2, 0) is 0 Å². The fraction of sp³-hybridized carbons (Fsp3) is 0.400. The zero-order valence-electron chi connectivity index (χ0n) is 13.2. The zero-order valence-corrected chi connectivity index (χ0v) is 13.2. The van der Waals surface area contributed by atoms with Gasteiger partial charge in [0.2, 0.25) is 5.95 Å². The van der Waals surface area contributed by atoms with E-state index in [1.807, 2.05) is 38.4 Å². The molecule has 0 fully saturated rings. The number of benzene rings is 1. The van der Waals surface area contributed by atoms with Crippen molar-refractivity contribution in [2.45, 2.75) is 26.3 Å². The van der Waals surface area contributed by atoms with Crippen molar-refractivity contribution in [3.05, 3.63) is 30.5 Å². The summed E-state index contributed by atoms with van der Waals surface area (Å²) in [6, 6.07) is 8.05. The third kappa shape index (κ3) is 4.59. The molecule has 6 heteroatoms. The lowest BCUT2D eigenvalue weighted by molar-refractivity contribution is 0.629. The minimum atomic E-state index is -0.0688. The minimum absolute atomic E-state index is 0.0688. The highest BCUT2D eigenvalue weighted by atomic mass is 15.3. The standard InChI is InChI=1S/C15H22N6/c1-15(2,3)19-13-10-16-20-14(18-13)17-11-6-8-12(9-7-11)21(4)5/h6-10H,1-5H3,(H2,17,18,19,20). The molecule has 0 aliphatic rings. The van der Waals surface area contributed by atoms with Crippen molar-refractivity contribution in [2.24, 2.45) is 0 Å². The molecule has 0 atom stereocenters. The maximum absolute atomic E-state index is 4.40. The van der Waals surface area contributed by atoms with Crippen molar-refractivity contribution in [1.29, 1.82) is 0 Å². The van der Waals surface area contributed by atoms with Gasteiger partial charge < -0.3 is 15.5 Å². The van der Waals surface area contributed by atoms with Gasteiger partial charge in [0.1, 0.15) is 0 Å². The third-order valence-corrected chi connectivity index (χ3v) is 2.70. The first-order valence-electron chi connectivity index (χ1n) is 6.86. The van der Waals surface area contributed by atoms with Gasteiger partial charge in [0, 0.05) is 31.0 Å². The Balaban J connectivity index is 2.10. The predicted octanol–water partition coefficient (Wildman–Crippen LogP) is 2.89. The molecule has 0 saturated heterocycles. The van der Waals surface area contributed by atoms with Crippen LogP contribution in [0.4, 0.5) is 23.1 Å². The van der Waals surface area contributed by atoms with Crippen LogP contribution >= 0.6 is 0 Å². The van der Waals surface area contributed by atoms with Gasteiger partial charge in [-0.2, -0.15) is 10.1 Å². The molecule has 0 amide bonds. The van der Waals surface area contributed by atoms with Crippen LogP contribution in [0.5, 0.6) is 0 Å². The Morgan fingerprint density at radius 2 is 1.71 bits per heavy atom. The molecule has 2 N–H and O–H groups in total. The van der Waals surface area contributed by atoms with Crippen molar-refractivity contribution in [1.82, 2.24) is 15.2 Å². The van der Waals surface area contributed by atoms with Crippen LogP contribution in [0.15, 0.2) is 30.5 Å². The van der Waals surface area contributed by atoms with Gasteiger partial charge in [0.15, 0.2) is 5.82 Å². The number of aromatic nitrogens is 3. The minimum Gasteiger partial charge on any atom is -0.378 e. The van der Waals surface area contributed by atoms with E-state index < -0.39 is 0 Å². The first kappa shape index (κ1) is 15.0. The molecule has 112 valence electrons. The molecular formula is C15H22N6. The summed E-state index contributed by atoms with van der Waals surface area (Å²) in [4.78, 5) is 6.46. The molecule has 1 aromatic heterocycles. The van der Waals surface area contributed by atoms with Crippen LogP contribution in [0.2, 0.25) is 0 Å². The van der Waals surface area contributed by atoms with E-state index in [4.69, 9.17) is 0 Å². The van der Waals surface area contributed by atoms with Crippen molar-refractivity contribution in [3.63, 3.8) is 0 Å². The van der Waals surface area contributed by atoms with Crippen molar-refractivity contribution in [3.8, 4) is 0 Å². The lowest BCUT2D eigenvalue weighted by Gasteiger charge is -2.20. The normalized spacial score (nSPS) is 11.1. The van der Waals surface area contributed by atoms with Gasteiger partial charge in [0.05, 0.1) is 6.20 Å². The number of anilines is 4. The largest absolute Gasteiger partial charge is 0.378 e. The molecule has 0 radical (unpaired) electrons.